The van der Waals surface area contributed by atoms with E-state index >= 15 is 0 Å². The summed E-state index contributed by atoms with van der Waals surface area (Å²) in [6.45, 7) is 1.56. The van der Waals surface area contributed by atoms with Crippen LogP contribution in [0.25, 0.3) is 0 Å². The first-order chi connectivity index (χ1) is 8.87. The van der Waals surface area contributed by atoms with Gasteiger partial charge < -0.3 is 5.11 Å². The maximum absolute atomic E-state index is 12.0. The van der Waals surface area contributed by atoms with Gasteiger partial charge in [-0.2, -0.15) is 0 Å². The van der Waals surface area contributed by atoms with Gasteiger partial charge in [0.2, 0.25) is 0 Å². The van der Waals surface area contributed by atoms with Crippen LogP contribution < -0.4 is 0 Å². The molecule has 0 radical (unpaired) electrons. The Labute approximate surface area is 115 Å². The third-order valence-corrected chi connectivity index (χ3v) is 5.88. The summed E-state index contributed by atoms with van der Waals surface area (Å²) in [5.41, 5.74) is -0.000757. The number of carboxylic acid groups (broad SMARTS) is 1. The molecule has 0 aliphatic heterocycles. The number of carboxylic acids is 1. The molecule has 0 spiro atoms. The molecule has 0 bridgehead atoms. The van der Waals surface area contributed by atoms with Gasteiger partial charge in [0, 0.05) is 11.5 Å². The van der Waals surface area contributed by atoms with Crippen LogP contribution in [0.5, 0.6) is 0 Å². The van der Waals surface area contributed by atoms with Crippen molar-refractivity contribution in [3.05, 3.63) is 29.8 Å². The van der Waals surface area contributed by atoms with Gasteiger partial charge in [-0.15, -0.1) is 0 Å². The van der Waals surface area contributed by atoms with Crippen LogP contribution in [-0.4, -0.2) is 41.0 Å². The summed E-state index contributed by atoms with van der Waals surface area (Å²) in [4.78, 5) is 11.2. The number of hydrogen-bond donors (Lipinski definition) is 1. The predicted molar refractivity (Wildman–Crippen MR) is 73.6 cm³/mol. The van der Waals surface area contributed by atoms with Gasteiger partial charge in [-0.05, 0) is 18.6 Å². The molecule has 0 aliphatic rings. The fourth-order valence-electron chi connectivity index (χ4n) is 1.51. The third-order valence-electron chi connectivity index (χ3n) is 2.59. The number of carbonyl (C=O) groups is 1. The molecule has 1 atom stereocenters. The first kappa shape index (κ1) is 15.8. The quantitative estimate of drug-likeness (QED) is 0.820. The Morgan fingerprint density at radius 3 is 2.53 bits per heavy atom. The van der Waals surface area contributed by atoms with E-state index in [1.54, 1.807) is 19.1 Å². The molecule has 0 aliphatic carbocycles. The number of rotatable bonds is 7. The molecular weight excluding hydrogens is 288 g/mol. The Morgan fingerprint density at radius 2 is 1.95 bits per heavy atom. The van der Waals surface area contributed by atoms with Gasteiger partial charge in [-0.3, -0.25) is 4.21 Å². The zero-order valence-corrected chi connectivity index (χ0v) is 12.2. The van der Waals surface area contributed by atoms with Gasteiger partial charge in [-0.25, -0.2) is 13.2 Å². The molecular formula is C12H16O5S2. The fraction of sp³-hybridized carbons (Fsp3) is 0.417. The smallest absolute Gasteiger partial charge is 0.336 e. The molecule has 5 nitrogen and oxygen atoms in total. The second-order valence-electron chi connectivity index (χ2n) is 3.94. The van der Waals surface area contributed by atoms with E-state index in [0.29, 0.717) is 0 Å². The van der Waals surface area contributed by atoms with E-state index in [4.69, 9.17) is 5.11 Å². The van der Waals surface area contributed by atoms with Crippen molar-refractivity contribution >= 4 is 26.6 Å². The minimum atomic E-state index is -3.07. The highest BCUT2D eigenvalue weighted by molar-refractivity contribution is 7.91. The standard InChI is InChI=1S/C12H16O5S2/c1-2-19(16,17)9-5-8-18(15)11-7-4-3-6-10(11)12(13)14/h3-4,6-7H,2,5,8-9H2,1H3,(H,13,14). The van der Waals surface area contributed by atoms with Gasteiger partial charge in [-0.1, -0.05) is 19.1 Å². The Bertz CT molecular complexity index is 578. The summed E-state index contributed by atoms with van der Waals surface area (Å²) in [6.07, 6.45) is 0.261. The van der Waals surface area contributed by atoms with Gasteiger partial charge in [0.1, 0.15) is 9.84 Å². The molecule has 0 saturated carbocycles. The van der Waals surface area contributed by atoms with Crippen LogP contribution in [0.3, 0.4) is 0 Å². The molecule has 0 heterocycles. The van der Waals surface area contributed by atoms with Crippen LogP contribution in [-0.2, 0) is 20.6 Å². The van der Waals surface area contributed by atoms with E-state index in [1.165, 1.54) is 12.1 Å². The topological polar surface area (TPSA) is 88.5 Å². The van der Waals surface area contributed by atoms with Crippen molar-refractivity contribution in [2.75, 3.05) is 17.3 Å². The van der Waals surface area contributed by atoms with E-state index in [0.717, 1.165) is 0 Å². The first-order valence-corrected chi connectivity index (χ1v) is 8.92. The molecule has 0 fully saturated rings. The van der Waals surface area contributed by atoms with Crippen LogP contribution in [0.2, 0.25) is 0 Å². The fourth-order valence-corrected chi connectivity index (χ4v) is 3.82. The average Bonchev–Trinajstić information content (AvgIpc) is 2.38. The number of benzene rings is 1. The summed E-state index contributed by atoms with van der Waals surface area (Å²) in [7, 11) is -4.57. The maximum atomic E-state index is 12.0. The van der Waals surface area contributed by atoms with Crippen molar-refractivity contribution in [2.45, 2.75) is 18.2 Å². The van der Waals surface area contributed by atoms with Crippen LogP contribution in [0.1, 0.15) is 23.7 Å². The number of sulfone groups is 1. The summed E-state index contributed by atoms with van der Waals surface area (Å²) >= 11 is 0. The zero-order valence-electron chi connectivity index (χ0n) is 10.5. The van der Waals surface area contributed by atoms with Crippen molar-refractivity contribution in [2.24, 2.45) is 0 Å². The highest BCUT2D eigenvalue weighted by atomic mass is 32.2. The Kier molecular flexibility index (Phi) is 5.68. The third kappa shape index (κ3) is 4.76. The lowest BCUT2D eigenvalue weighted by atomic mass is 10.2. The van der Waals surface area contributed by atoms with Gasteiger partial charge in [0.25, 0.3) is 0 Å². The molecule has 0 saturated heterocycles. The van der Waals surface area contributed by atoms with E-state index in [2.05, 4.69) is 0 Å². The average molecular weight is 304 g/mol. The van der Waals surface area contributed by atoms with Crippen LogP contribution in [0, 0.1) is 0 Å². The summed E-state index contributed by atoms with van der Waals surface area (Å²) in [5, 5.41) is 8.98. The van der Waals surface area contributed by atoms with Gasteiger partial charge in [0.15, 0.2) is 0 Å². The largest absolute Gasteiger partial charge is 0.478 e. The molecule has 1 aromatic rings. The van der Waals surface area contributed by atoms with Crippen LogP contribution in [0.15, 0.2) is 29.2 Å². The van der Waals surface area contributed by atoms with Crippen molar-refractivity contribution in [3.8, 4) is 0 Å². The summed E-state index contributed by atoms with van der Waals surface area (Å²) in [5.74, 6) is -0.954. The van der Waals surface area contributed by atoms with Gasteiger partial charge >= 0.3 is 5.97 Å². The molecule has 0 amide bonds. The number of aromatic carboxylic acids is 1. The molecule has 7 heteroatoms. The number of hydrogen-bond acceptors (Lipinski definition) is 4. The van der Waals surface area contributed by atoms with Crippen LogP contribution >= 0.6 is 0 Å². The van der Waals surface area contributed by atoms with Crippen molar-refractivity contribution < 1.29 is 22.5 Å². The maximum Gasteiger partial charge on any atom is 0.336 e. The normalized spacial score (nSPS) is 13.1. The highest BCUT2D eigenvalue weighted by Crippen LogP contribution is 2.14. The van der Waals surface area contributed by atoms with E-state index in [1.807, 2.05) is 0 Å². The second kappa shape index (κ2) is 6.81. The van der Waals surface area contributed by atoms with Crippen molar-refractivity contribution in [1.82, 2.24) is 0 Å². The summed E-state index contributed by atoms with van der Waals surface area (Å²) < 4.78 is 34.6. The molecule has 1 N–H and O–H groups in total. The van der Waals surface area contributed by atoms with Crippen molar-refractivity contribution in [1.29, 1.82) is 0 Å². The highest BCUT2D eigenvalue weighted by Gasteiger charge is 2.15. The molecule has 1 aromatic carbocycles. The Hall–Kier alpha value is -1.21. The second-order valence-corrected chi connectivity index (χ2v) is 7.95. The lowest BCUT2D eigenvalue weighted by Crippen LogP contribution is -2.13. The minimum Gasteiger partial charge on any atom is -0.478 e. The van der Waals surface area contributed by atoms with E-state index in [-0.39, 0.29) is 34.1 Å². The van der Waals surface area contributed by atoms with E-state index in [9.17, 15) is 17.4 Å². The monoisotopic (exact) mass is 304 g/mol. The molecule has 1 rings (SSSR count). The van der Waals surface area contributed by atoms with E-state index < -0.39 is 26.6 Å². The Morgan fingerprint density at radius 1 is 1.32 bits per heavy atom. The molecule has 19 heavy (non-hydrogen) atoms. The van der Waals surface area contributed by atoms with Crippen LogP contribution in [0.4, 0.5) is 0 Å². The zero-order chi connectivity index (χ0) is 14.5. The SMILES string of the molecule is CCS(=O)(=O)CCCS(=O)c1ccccc1C(=O)O. The van der Waals surface area contributed by atoms with Crippen molar-refractivity contribution in [3.63, 3.8) is 0 Å². The minimum absolute atomic E-state index is 0.000757. The predicted octanol–water partition coefficient (Wildman–Crippen LogP) is 1.32. The lowest BCUT2D eigenvalue weighted by molar-refractivity contribution is 0.0693. The molecule has 0 aromatic heterocycles. The van der Waals surface area contributed by atoms with Gasteiger partial charge in [0.05, 0.1) is 27.0 Å². The Balaban J connectivity index is 2.72. The molecule has 106 valence electrons. The molecule has 1 unspecified atom stereocenters. The summed E-state index contributed by atoms with van der Waals surface area (Å²) in [6, 6.07) is 6.06. The lowest BCUT2D eigenvalue weighted by Gasteiger charge is -2.06. The first-order valence-electron chi connectivity index (χ1n) is 5.78.